The van der Waals surface area contributed by atoms with Crippen LogP contribution in [0, 0.1) is 0 Å². The van der Waals surface area contributed by atoms with E-state index in [0.29, 0.717) is 0 Å². The second-order valence-electron chi connectivity index (χ2n) is 5.43. The van der Waals surface area contributed by atoms with Crippen molar-refractivity contribution in [2.75, 3.05) is 5.32 Å². The Morgan fingerprint density at radius 1 is 1.22 bits per heavy atom. The van der Waals surface area contributed by atoms with Crippen molar-refractivity contribution in [3.8, 4) is 11.4 Å². The molecule has 0 aliphatic heterocycles. The van der Waals surface area contributed by atoms with Crippen LogP contribution in [0.4, 0.5) is 5.69 Å². The molecule has 0 fully saturated rings. The van der Waals surface area contributed by atoms with Gasteiger partial charge >= 0.3 is 0 Å². The maximum absolute atomic E-state index is 12.1. The average Bonchev–Trinajstić information content (AvgIpc) is 2.99. The number of amides is 1. The molecule has 2 aromatic carbocycles. The minimum absolute atomic E-state index is 0.0754. The molecule has 3 aromatic rings. The fourth-order valence-electron chi connectivity index (χ4n) is 2.46. The van der Waals surface area contributed by atoms with Crippen LogP contribution in [-0.4, -0.2) is 15.9 Å². The van der Waals surface area contributed by atoms with Gasteiger partial charge in [0.05, 0.1) is 11.0 Å². The van der Waals surface area contributed by atoms with Crippen LogP contribution in [0.2, 0.25) is 0 Å². The second-order valence-corrected chi connectivity index (χ2v) is 5.43. The van der Waals surface area contributed by atoms with Gasteiger partial charge in [0.2, 0.25) is 0 Å². The summed E-state index contributed by atoms with van der Waals surface area (Å²) in [5, 5.41) is 2.92. The first-order chi connectivity index (χ1) is 11.2. The van der Waals surface area contributed by atoms with Crippen LogP contribution >= 0.6 is 0 Å². The van der Waals surface area contributed by atoms with Crippen LogP contribution < -0.4 is 5.32 Å². The average molecular weight is 305 g/mol. The zero-order valence-corrected chi connectivity index (χ0v) is 13.3. The van der Waals surface area contributed by atoms with Crippen molar-refractivity contribution in [2.24, 2.45) is 0 Å². The Morgan fingerprint density at radius 2 is 2.04 bits per heavy atom. The molecule has 0 aliphatic carbocycles. The number of aromatic amines is 1. The molecule has 0 unspecified atom stereocenters. The summed E-state index contributed by atoms with van der Waals surface area (Å²) in [4.78, 5) is 20.0. The van der Waals surface area contributed by atoms with Gasteiger partial charge in [-0.1, -0.05) is 37.3 Å². The number of para-hydroxylation sites is 2. The molecule has 3 rings (SSSR count). The number of hydrogen-bond donors (Lipinski definition) is 2. The lowest BCUT2D eigenvalue weighted by molar-refractivity contribution is -0.112. The van der Waals surface area contributed by atoms with E-state index >= 15 is 0 Å². The summed E-state index contributed by atoms with van der Waals surface area (Å²) in [5.74, 6) is 0.719. The Bertz CT molecular complexity index is 844. The first kappa shape index (κ1) is 15.0. The third kappa shape index (κ3) is 3.31. The van der Waals surface area contributed by atoms with Gasteiger partial charge in [-0.3, -0.25) is 4.79 Å². The SMILES string of the molecule is CC/C=C(/C)C(=O)Nc1cccc(-c2nc3ccccc3[nH]2)c1. The Balaban J connectivity index is 1.87. The van der Waals surface area contributed by atoms with E-state index in [4.69, 9.17) is 0 Å². The Labute approximate surface area is 135 Å². The van der Waals surface area contributed by atoms with Crippen molar-refractivity contribution in [3.05, 3.63) is 60.2 Å². The Kier molecular flexibility index (Phi) is 4.24. The standard InChI is InChI=1S/C19H19N3O/c1-3-7-13(2)19(23)20-15-9-6-8-14(12-15)18-21-16-10-4-5-11-17(16)22-18/h4-12H,3H2,1-2H3,(H,20,23)(H,21,22)/b13-7-. The van der Waals surface area contributed by atoms with Gasteiger partial charge in [-0.15, -0.1) is 0 Å². The lowest BCUT2D eigenvalue weighted by Crippen LogP contribution is -2.12. The van der Waals surface area contributed by atoms with Crippen LogP contribution in [0.3, 0.4) is 0 Å². The number of carbonyl (C=O) groups is 1. The number of fused-ring (bicyclic) bond motifs is 1. The fourth-order valence-corrected chi connectivity index (χ4v) is 2.46. The van der Waals surface area contributed by atoms with Crippen molar-refractivity contribution in [1.82, 2.24) is 9.97 Å². The van der Waals surface area contributed by atoms with E-state index < -0.39 is 0 Å². The molecular weight excluding hydrogens is 286 g/mol. The number of nitrogens with one attached hydrogen (secondary N) is 2. The van der Waals surface area contributed by atoms with Gasteiger partial charge in [-0.2, -0.15) is 0 Å². The number of rotatable bonds is 4. The molecule has 4 heteroatoms. The highest BCUT2D eigenvalue weighted by atomic mass is 16.1. The molecule has 2 N–H and O–H groups in total. The Hall–Kier alpha value is -2.88. The van der Waals surface area contributed by atoms with Crippen molar-refractivity contribution in [2.45, 2.75) is 20.3 Å². The smallest absolute Gasteiger partial charge is 0.250 e. The maximum Gasteiger partial charge on any atom is 0.250 e. The van der Waals surface area contributed by atoms with Gasteiger partial charge in [0.25, 0.3) is 5.91 Å². The summed E-state index contributed by atoms with van der Waals surface area (Å²) in [6.45, 7) is 3.83. The molecule has 1 amide bonds. The number of nitrogens with zero attached hydrogens (tertiary/aromatic N) is 1. The Morgan fingerprint density at radius 3 is 2.83 bits per heavy atom. The zero-order chi connectivity index (χ0) is 16.2. The number of hydrogen-bond acceptors (Lipinski definition) is 2. The van der Waals surface area contributed by atoms with Crippen LogP contribution in [0.5, 0.6) is 0 Å². The van der Waals surface area contributed by atoms with Crippen molar-refractivity contribution in [3.63, 3.8) is 0 Å². The highest BCUT2D eigenvalue weighted by molar-refractivity contribution is 6.03. The molecule has 23 heavy (non-hydrogen) atoms. The van der Waals surface area contributed by atoms with Crippen molar-refractivity contribution in [1.29, 1.82) is 0 Å². The monoisotopic (exact) mass is 305 g/mol. The molecule has 0 aliphatic rings. The fraction of sp³-hybridized carbons (Fsp3) is 0.158. The van der Waals surface area contributed by atoms with Crippen LogP contribution in [0.1, 0.15) is 20.3 Å². The lowest BCUT2D eigenvalue weighted by Gasteiger charge is -2.06. The normalized spacial score (nSPS) is 11.7. The first-order valence-corrected chi connectivity index (χ1v) is 7.70. The predicted molar refractivity (Wildman–Crippen MR) is 94.2 cm³/mol. The van der Waals surface area contributed by atoms with Crippen LogP contribution in [-0.2, 0) is 4.79 Å². The summed E-state index contributed by atoms with van der Waals surface area (Å²) in [6, 6.07) is 15.6. The molecule has 1 heterocycles. The summed E-state index contributed by atoms with van der Waals surface area (Å²) in [5.41, 5.74) is 4.35. The minimum atomic E-state index is -0.0754. The number of imidazole rings is 1. The summed E-state index contributed by atoms with van der Waals surface area (Å²) in [7, 11) is 0. The van der Waals surface area contributed by atoms with E-state index in [1.165, 1.54) is 0 Å². The number of benzene rings is 2. The van der Waals surface area contributed by atoms with Gasteiger partial charge in [-0.05, 0) is 37.6 Å². The van der Waals surface area contributed by atoms with E-state index in [1.807, 2.05) is 68.5 Å². The van der Waals surface area contributed by atoms with Gasteiger partial charge in [0.15, 0.2) is 0 Å². The van der Waals surface area contributed by atoms with Gasteiger partial charge in [0, 0.05) is 16.8 Å². The number of allylic oxidation sites excluding steroid dienone is 1. The van der Waals surface area contributed by atoms with E-state index in [-0.39, 0.29) is 5.91 Å². The third-order valence-electron chi connectivity index (χ3n) is 3.65. The predicted octanol–water partition coefficient (Wildman–Crippen LogP) is 4.52. The van der Waals surface area contributed by atoms with E-state index in [2.05, 4.69) is 15.3 Å². The second kappa shape index (κ2) is 6.48. The van der Waals surface area contributed by atoms with Gasteiger partial charge in [0.1, 0.15) is 5.82 Å². The molecule has 116 valence electrons. The lowest BCUT2D eigenvalue weighted by atomic mass is 10.1. The molecule has 4 nitrogen and oxygen atoms in total. The molecule has 0 radical (unpaired) electrons. The topological polar surface area (TPSA) is 57.8 Å². The number of H-pyrrole nitrogens is 1. The highest BCUT2D eigenvalue weighted by Crippen LogP contribution is 2.23. The summed E-state index contributed by atoms with van der Waals surface area (Å²) >= 11 is 0. The van der Waals surface area contributed by atoms with Crippen molar-refractivity contribution < 1.29 is 4.79 Å². The summed E-state index contributed by atoms with van der Waals surface area (Å²) in [6.07, 6.45) is 2.76. The molecule has 0 saturated heterocycles. The van der Waals surface area contributed by atoms with Gasteiger partial charge in [-0.25, -0.2) is 4.98 Å². The molecule has 0 spiro atoms. The molecule has 0 saturated carbocycles. The first-order valence-electron chi connectivity index (χ1n) is 7.70. The zero-order valence-electron chi connectivity index (χ0n) is 13.3. The van der Waals surface area contributed by atoms with Crippen LogP contribution in [0.15, 0.2) is 60.2 Å². The molecular formula is C19H19N3O. The van der Waals surface area contributed by atoms with E-state index in [9.17, 15) is 4.79 Å². The van der Waals surface area contributed by atoms with E-state index in [0.717, 1.165) is 40.1 Å². The van der Waals surface area contributed by atoms with Gasteiger partial charge < -0.3 is 10.3 Å². The number of aromatic nitrogens is 2. The maximum atomic E-state index is 12.1. The van der Waals surface area contributed by atoms with Crippen molar-refractivity contribution >= 4 is 22.6 Å². The third-order valence-corrected chi connectivity index (χ3v) is 3.65. The number of carbonyl (C=O) groups excluding carboxylic acids is 1. The largest absolute Gasteiger partial charge is 0.338 e. The summed E-state index contributed by atoms with van der Waals surface area (Å²) < 4.78 is 0. The highest BCUT2D eigenvalue weighted by Gasteiger charge is 2.08. The van der Waals surface area contributed by atoms with Crippen LogP contribution in [0.25, 0.3) is 22.4 Å². The molecule has 0 bridgehead atoms. The van der Waals surface area contributed by atoms with E-state index in [1.54, 1.807) is 0 Å². The quantitative estimate of drug-likeness (QED) is 0.696. The molecule has 1 aromatic heterocycles. The molecule has 0 atom stereocenters. The number of anilines is 1. The minimum Gasteiger partial charge on any atom is -0.338 e.